The highest BCUT2D eigenvalue weighted by Crippen LogP contribution is 2.38. The van der Waals surface area contributed by atoms with E-state index >= 15 is 0 Å². The van der Waals surface area contributed by atoms with E-state index in [0.717, 1.165) is 17.6 Å². The van der Waals surface area contributed by atoms with Gasteiger partial charge in [0.1, 0.15) is 7.28 Å². The van der Waals surface area contributed by atoms with E-state index in [1.165, 1.54) is 103 Å². The average molecular weight is 289 g/mol. The lowest BCUT2D eigenvalue weighted by Gasteiger charge is -2.23. The van der Waals surface area contributed by atoms with Gasteiger partial charge in [-0.1, -0.05) is 121 Å². The van der Waals surface area contributed by atoms with E-state index in [4.69, 9.17) is 0 Å². The first-order valence-electron chi connectivity index (χ1n) is 10.2. The van der Waals surface area contributed by atoms with Gasteiger partial charge in [-0.05, 0) is 5.92 Å². The second kappa shape index (κ2) is 10.7. The minimum atomic E-state index is 0.965. The molecule has 0 aromatic carbocycles. The molecule has 2 aliphatic carbocycles. The van der Waals surface area contributed by atoms with Crippen molar-refractivity contribution in [2.75, 3.05) is 0 Å². The van der Waals surface area contributed by atoms with Gasteiger partial charge < -0.3 is 0 Å². The normalized spacial score (nSPS) is 28.8. The van der Waals surface area contributed by atoms with Gasteiger partial charge in [0.25, 0.3) is 0 Å². The highest BCUT2D eigenvalue weighted by molar-refractivity contribution is 6.39. The van der Waals surface area contributed by atoms with Gasteiger partial charge in [-0.2, -0.15) is 0 Å². The van der Waals surface area contributed by atoms with Gasteiger partial charge in [0.15, 0.2) is 0 Å². The standard InChI is InChI=1S/C20H38B/c1-2-3-4-7-12-18-13-10-11-16-20(17-18)21-19-14-8-5-6-9-15-19/h18-20H,2-17H2,1H3. The molecule has 0 saturated heterocycles. The number of hydrogen-bond acceptors (Lipinski definition) is 0. The van der Waals surface area contributed by atoms with Crippen LogP contribution in [0.4, 0.5) is 0 Å². The minimum absolute atomic E-state index is 0.965. The average Bonchev–Trinajstić information content (AvgIpc) is 2.87. The van der Waals surface area contributed by atoms with Crippen molar-refractivity contribution >= 4 is 7.28 Å². The zero-order valence-electron chi connectivity index (χ0n) is 14.6. The van der Waals surface area contributed by atoms with Gasteiger partial charge in [-0.3, -0.25) is 0 Å². The quantitative estimate of drug-likeness (QED) is 0.265. The molecule has 0 spiro atoms. The Balaban J connectivity index is 1.70. The summed E-state index contributed by atoms with van der Waals surface area (Å²) in [7, 11) is 2.83. The van der Waals surface area contributed by atoms with Gasteiger partial charge in [0.05, 0.1) is 0 Å². The van der Waals surface area contributed by atoms with Crippen LogP contribution in [0.25, 0.3) is 0 Å². The van der Waals surface area contributed by atoms with Crippen LogP contribution in [-0.4, -0.2) is 7.28 Å². The summed E-state index contributed by atoms with van der Waals surface area (Å²) >= 11 is 0. The van der Waals surface area contributed by atoms with Crippen molar-refractivity contribution in [3.63, 3.8) is 0 Å². The lowest BCUT2D eigenvalue weighted by molar-refractivity contribution is 0.405. The van der Waals surface area contributed by atoms with Crippen molar-refractivity contribution in [2.24, 2.45) is 5.92 Å². The number of rotatable bonds is 7. The SMILES string of the molecule is CCCCCCC1CCCCC([B]C2CCCCCC2)C1. The predicted molar refractivity (Wildman–Crippen MR) is 96.3 cm³/mol. The highest BCUT2D eigenvalue weighted by atomic mass is 14.2. The van der Waals surface area contributed by atoms with Crippen molar-refractivity contribution in [3.8, 4) is 0 Å². The lowest BCUT2D eigenvalue weighted by Crippen LogP contribution is -2.13. The van der Waals surface area contributed by atoms with Crippen LogP contribution in [-0.2, 0) is 0 Å². The zero-order valence-corrected chi connectivity index (χ0v) is 14.6. The Bertz CT molecular complexity index is 242. The Morgan fingerprint density at radius 1 is 0.714 bits per heavy atom. The molecule has 121 valence electrons. The first kappa shape index (κ1) is 17.4. The van der Waals surface area contributed by atoms with E-state index in [2.05, 4.69) is 14.2 Å². The van der Waals surface area contributed by atoms with Crippen LogP contribution in [0, 0.1) is 5.92 Å². The Labute approximate surface area is 135 Å². The van der Waals surface area contributed by atoms with Crippen LogP contribution < -0.4 is 0 Å². The van der Waals surface area contributed by atoms with Gasteiger partial charge in [0.2, 0.25) is 0 Å². The second-order valence-electron chi connectivity index (χ2n) is 7.94. The fourth-order valence-corrected chi connectivity index (χ4v) is 4.69. The van der Waals surface area contributed by atoms with Crippen LogP contribution in [0.3, 0.4) is 0 Å². The molecule has 0 N–H and O–H groups in total. The fraction of sp³-hybridized carbons (Fsp3) is 1.00. The molecule has 0 aromatic rings. The summed E-state index contributed by atoms with van der Waals surface area (Å²) in [6.45, 7) is 2.32. The zero-order chi connectivity index (χ0) is 14.8. The van der Waals surface area contributed by atoms with E-state index in [1.54, 1.807) is 0 Å². The van der Waals surface area contributed by atoms with Crippen molar-refractivity contribution in [2.45, 2.75) is 121 Å². The molecule has 0 heterocycles. The summed E-state index contributed by atoms with van der Waals surface area (Å²) in [5.74, 6) is 2.99. The summed E-state index contributed by atoms with van der Waals surface area (Å²) in [5, 5.41) is 0. The van der Waals surface area contributed by atoms with Crippen LogP contribution in [0.5, 0.6) is 0 Å². The third-order valence-electron chi connectivity index (χ3n) is 5.98. The van der Waals surface area contributed by atoms with E-state index < -0.39 is 0 Å². The van der Waals surface area contributed by atoms with Crippen molar-refractivity contribution in [1.82, 2.24) is 0 Å². The molecule has 2 atom stereocenters. The Hall–Kier alpha value is 0.0649. The lowest BCUT2D eigenvalue weighted by atomic mass is 9.50. The van der Waals surface area contributed by atoms with Gasteiger partial charge in [-0.25, -0.2) is 0 Å². The van der Waals surface area contributed by atoms with Crippen LogP contribution in [0.15, 0.2) is 0 Å². The Kier molecular flexibility index (Phi) is 8.90. The molecule has 0 amide bonds. The topological polar surface area (TPSA) is 0 Å². The summed E-state index contributed by atoms with van der Waals surface area (Å²) in [5.41, 5.74) is 0. The van der Waals surface area contributed by atoms with Crippen molar-refractivity contribution in [1.29, 1.82) is 0 Å². The van der Waals surface area contributed by atoms with Crippen molar-refractivity contribution in [3.05, 3.63) is 0 Å². The molecule has 0 aromatic heterocycles. The molecule has 2 fully saturated rings. The van der Waals surface area contributed by atoms with E-state index in [1.807, 2.05) is 0 Å². The molecule has 1 heteroatoms. The maximum Gasteiger partial charge on any atom is 0.117 e. The summed E-state index contributed by atoms with van der Waals surface area (Å²) < 4.78 is 0. The number of hydrogen-bond donors (Lipinski definition) is 0. The molecule has 21 heavy (non-hydrogen) atoms. The van der Waals surface area contributed by atoms with Crippen molar-refractivity contribution < 1.29 is 0 Å². The molecular weight excluding hydrogens is 251 g/mol. The third kappa shape index (κ3) is 7.24. The first-order valence-corrected chi connectivity index (χ1v) is 10.2. The Morgan fingerprint density at radius 3 is 2.14 bits per heavy atom. The largest absolute Gasteiger partial charge is 0.117 e. The fourth-order valence-electron chi connectivity index (χ4n) is 4.69. The molecule has 2 unspecified atom stereocenters. The smallest absolute Gasteiger partial charge is 0.0686 e. The number of unbranched alkanes of at least 4 members (excludes halogenated alkanes) is 3. The third-order valence-corrected chi connectivity index (χ3v) is 5.98. The summed E-state index contributed by atoms with van der Waals surface area (Å²) in [4.78, 5) is 0. The van der Waals surface area contributed by atoms with Gasteiger partial charge >= 0.3 is 0 Å². The monoisotopic (exact) mass is 289 g/mol. The molecule has 0 aliphatic heterocycles. The molecule has 0 nitrogen and oxygen atoms in total. The summed E-state index contributed by atoms with van der Waals surface area (Å²) in [6.07, 6.45) is 23.9. The van der Waals surface area contributed by atoms with E-state index in [-0.39, 0.29) is 0 Å². The molecule has 0 bridgehead atoms. The predicted octanol–water partition coefficient (Wildman–Crippen LogP) is 7.17. The maximum atomic E-state index is 2.83. The van der Waals surface area contributed by atoms with Crippen LogP contribution in [0.2, 0.25) is 11.6 Å². The molecule has 2 saturated carbocycles. The van der Waals surface area contributed by atoms with Crippen LogP contribution >= 0.6 is 0 Å². The maximum absolute atomic E-state index is 2.83. The van der Waals surface area contributed by atoms with Gasteiger partial charge in [-0.15, -0.1) is 0 Å². The minimum Gasteiger partial charge on any atom is -0.0686 e. The molecule has 2 aliphatic rings. The molecule has 1 radical (unpaired) electrons. The first-order chi connectivity index (χ1) is 10.4. The molecule has 2 rings (SSSR count). The molecular formula is C20H38B. The van der Waals surface area contributed by atoms with E-state index in [0.29, 0.717) is 0 Å². The van der Waals surface area contributed by atoms with E-state index in [9.17, 15) is 0 Å². The second-order valence-corrected chi connectivity index (χ2v) is 7.94. The van der Waals surface area contributed by atoms with Crippen LogP contribution in [0.1, 0.15) is 110 Å². The highest BCUT2D eigenvalue weighted by Gasteiger charge is 2.24. The summed E-state index contributed by atoms with van der Waals surface area (Å²) in [6, 6.07) is 0. The van der Waals surface area contributed by atoms with Gasteiger partial charge in [0, 0.05) is 0 Å². The Morgan fingerprint density at radius 2 is 1.38 bits per heavy atom.